The summed E-state index contributed by atoms with van der Waals surface area (Å²) < 4.78 is 12.0. The monoisotopic (exact) mass is 495 g/mol. The molecule has 0 heterocycles. The van der Waals surface area contributed by atoms with Crippen molar-refractivity contribution in [3.05, 3.63) is 88.4 Å². The Balaban J connectivity index is 1.66. The molecule has 0 saturated heterocycles. The van der Waals surface area contributed by atoms with Gasteiger partial charge in [-0.1, -0.05) is 36.4 Å². The van der Waals surface area contributed by atoms with Crippen LogP contribution in [0.5, 0.6) is 11.5 Å². The molecule has 164 valence electrons. The van der Waals surface area contributed by atoms with Crippen molar-refractivity contribution >= 4 is 39.6 Å². The lowest BCUT2D eigenvalue weighted by Gasteiger charge is -2.14. The maximum absolute atomic E-state index is 12.2. The van der Waals surface area contributed by atoms with Gasteiger partial charge in [-0.15, -0.1) is 0 Å². The predicted octanol–water partition coefficient (Wildman–Crippen LogP) is 4.63. The molecule has 0 unspecified atom stereocenters. The molecule has 32 heavy (non-hydrogen) atoms. The number of para-hydroxylation sites is 1. The normalized spacial score (nSPS) is 10.6. The van der Waals surface area contributed by atoms with Crippen molar-refractivity contribution < 1.29 is 19.1 Å². The SMILES string of the molecule is CCOc1cc(/C=N/NC(=O)c2ccccc2)cc(Br)c1OCC(=O)Nc1ccccc1. The maximum atomic E-state index is 12.2. The van der Waals surface area contributed by atoms with Crippen LogP contribution in [0.25, 0.3) is 0 Å². The molecule has 0 radical (unpaired) electrons. The van der Waals surface area contributed by atoms with Crippen LogP contribution in [-0.4, -0.2) is 31.2 Å². The zero-order valence-corrected chi connectivity index (χ0v) is 19.0. The van der Waals surface area contributed by atoms with Gasteiger partial charge in [0, 0.05) is 11.3 Å². The Morgan fingerprint density at radius 3 is 2.38 bits per heavy atom. The lowest BCUT2D eigenvalue weighted by molar-refractivity contribution is -0.118. The number of amides is 2. The summed E-state index contributed by atoms with van der Waals surface area (Å²) in [6, 6.07) is 21.4. The zero-order chi connectivity index (χ0) is 22.8. The molecule has 3 rings (SSSR count). The molecule has 0 fully saturated rings. The van der Waals surface area contributed by atoms with Crippen LogP contribution in [0.1, 0.15) is 22.8 Å². The van der Waals surface area contributed by atoms with E-state index in [1.54, 1.807) is 48.5 Å². The minimum absolute atomic E-state index is 0.186. The van der Waals surface area contributed by atoms with E-state index in [-0.39, 0.29) is 18.4 Å². The largest absolute Gasteiger partial charge is 0.490 e. The average molecular weight is 496 g/mol. The molecule has 3 aromatic rings. The van der Waals surface area contributed by atoms with Crippen LogP contribution < -0.4 is 20.2 Å². The molecule has 0 aliphatic carbocycles. The van der Waals surface area contributed by atoms with Crippen molar-refractivity contribution in [2.24, 2.45) is 5.10 Å². The Labute approximate surface area is 194 Å². The number of anilines is 1. The number of rotatable bonds is 9. The Hall–Kier alpha value is -3.65. The zero-order valence-electron chi connectivity index (χ0n) is 17.4. The number of hydrogen-bond donors (Lipinski definition) is 2. The average Bonchev–Trinajstić information content (AvgIpc) is 2.80. The molecule has 2 N–H and O–H groups in total. The number of nitrogens with zero attached hydrogens (tertiary/aromatic N) is 1. The van der Waals surface area contributed by atoms with Crippen molar-refractivity contribution in [1.29, 1.82) is 0 Å². The molecule has 8 heteroatoms. The van der Waals surface area contributed by atoms with Crippen molar-refractivity contribution in [2.75, 3.05) is 18.5 Å². The molecule has 0 spiro atoms. The molecule has 3 aromatic carbocycles. The van der Waals surface area contributed by atoms with E-state index in [1.165, 1.54) is 6.21 Å². The van der Waals surface area contributed by atoms with E-state index in [1.807, 2.05) is 31.2 Å². The topological polar surface area (TPSA) is 89.0 Å². The summed E-state index contributed by atoms with van der Waals surface area (Å²) >= 11 is 3.46. The maximum Gasteiger partial charge on any atom is 0.271 e. The summed E-state index contributed by atoms with van der Waals surface area (Å²) in [6.07, 6.45) is 1.50. The second-order valence-corrected chi connectivity index (χ2v) is 7.39. The second-order valence-electron chi connectivity index (χ2n) is 6.53. The summed E-state index contributed by atoms with van der Waals surface area (Å²) in [4.78, 5) is 24.3. The Kier molecular flexibility index (Phi) is 8.39. The third-order valence-corrected chi connectivity index (χ3v) is 4.74. The summed E-state index contributed by atoms with van der Waals surface area (Å²) in [7, 11) is 0. The Morgan fingerprint density at radius 1 is 1.00 bits per heavy atom. The molecule has 0 saturated carbocycles. The highest BCUT2D eigenvalue weighted by Crippen LogP contribution is 2.36. The van der Waals surface area contributed by atoms with Gasteiger partial charge >= 0.3 is 0 Å². The van der Waals surface area contributed by atoms with Crippen LogP contribution in [0.3, 0.4) is 0 Å². The van der Waals surface area contributed by atoms with Gasteiger partial charge < -0.3 is 14.8 Å². The summed E-state index contributed by atoms with van der Waals surface area (Å²) in [5.74, 6) is 0.251. The summed E-state index contributed by atoms with van der Waals surface area (Å²) in [5.41, 5.74) is 4.36. The van der Waals surface area contributed by atoms with Gasteiger partial charge in [0.1, 0.15) is 0 Å². The van der Waals surface area contributed by atoms with E-state index in [0.29, 0.717) is 39.4 Å². The van der Waals surface area contributed by atoms with Gasteiger partial charge in [0.2, 0.25) is 0 Å². The quantitative estimate of drug-likeness (QED) is 0.334. The van der Waals surface area contributed by atoms with Crippen molar-refractivity contribution in [3.63, 3.8) is 0 Å². The predicted molar refractivity (Wildman–Crippen MR) is 127 cm³/mol. The lowest BCUT2D eigenvalue weighted by Crippen LogP contribution is -2.20. The minimum Gasteiger partial charge on any atom is -0.490 e. The van der Waals surface area contributed by atoms with E-state index >= 15 is 0 Å². The van der Waals surface area contributed by atoms with Crippen LogP contribution in [-0.2, 0) is 4.79 Å². The van der Waals surface area contributed by atoms with Crippen LogP contribution >= 0.6 is 15.9 Å². The van der Waals surface area contributed by atoms with Crippen LogP contribution in [0.2, 0.25) is 0 Å². The third kappa shape index (κ3) is 6.68. The molecule has 0 bridgehead atoms. The fourth-order valence-corrected chi connectivity index (χ4v) is 3.32. The Bertz CT molecular complexity index is 1090. The van der Waals surface area contributed by atoms with E-state index in [9.17, 15) is 9.59 Å². The molecule has 0 aliphatic rings. The standard InChI is InChI=1S/C24H22BrN3O4/c1-2-31-21-14-17(15-26-28-24(30)18-9-5-3-6-10-18)13-20(25)23(21)32-16-22(29)27-19-11-7-4-8-12-19/h3-15H,2,16H2,1H3,(H,27,29)(H,28,30)/b26-15+. The fraction of sp³-hybridized carbons (Fsp3) is 0.125. The number of hydrogen-bond acceptors (Lipinski definition) is 5. The number of nitrogens with one attached hydrogen (secondary N) is 2. The molecule has 2 amide bonds. The highest BCUT2D eigenvalue weighted by Gasteiger charge is 2.14. The van der Waals surface area contributed by atoms with Gasteiger partial charge in [-0.05, 0) is 64.8 Å². The smallest absolute Gasteiger partial charge is 0.271 e. The molecule has 0 aromatic heterocycles. The lowest BCUT2D eigenvalue weighted by atomic mass is 10.2. The molecular formula is C24H22BrN3O4. The van der Waals surface area contributed by atoms with Gasteiger partial charge in [-0.25, -0.2) is 5.43 Å². The van der Waals surface area contributed by atoms with Gasteiger partial charge in [0.15, 0.2) is 18.1 Å². The van der Waals surface area contributed by atoms with Gasteiger partial charge in [0.05, 0.1) is 17.3 Å². The molecule has 7 nitrogen and oxygen atoms in total. The van der Waals surface area contributed by atoms with Crippen LogP contribution in [0.4, 0.5) is 5.69 Å². The van der Waals surface area contributed by atoms with Gasteiger partial charge in [0.25, 0.3) is 11.8 Å². The summed E-state index contributed by atoms with van der Waals surface area (Å²) in [6.45, 7) is 2.07. The van der Waals surface area contributed by atoms with Crippen molar-refractivity contribution in [3.8, 4) is 11.5 Å². The first-order valence-electron chi connectivity index (χ1n) is 9.89. The second kappa shape index (κ2) is 11.7. The van der Waals surface area contributed by atoms with E-state index in [4.69, 9.17) is 9.47 Å². The first-order chi connectivity index (χ1) is 15.6. The highest BCUT2D eigenvalue weighted by atomic mass is 79.9. The van der Waals surface area contributed by atoms with E-state index in [2.05, 4.69) is 31.8 Å². The first kappa shape index (κ1) is 23.0. The number of carbonyl (C=O) groups excluding carboxylic acids is 2. The number of halogens is 1. The molecule has 0 atom stereocenters. The van der Waals surface area contributed by atoms with E-state index in [0.717, 1.165) is 0 Å². The minimum atomic E-state index is -0.310. The molecule has 0 aliphatic heterocycles. The van der Waals surface area contributed by atoms with E-state index < -0.39 is 0 Å². The number of carbonyl (C=O) groups is 2. The van der Waals surface area contributed by atoms with Gasteiger partial charge in [-0.3, -0.25) is 9.59 Å². The molecular weight excluding hydrogens is 474 g/mol. The fourth-order valence-electron chi connectivity index (χ4n) is 2.74. The van der Waals surface area contributed by atoms with Crippen LogP contribution in [0, 0.1) is 0 Å². The number of hydrazone groups is 1. The third-order valence-electron chi connectivity index (χ3n) is 4.15. The number of ether oxygens (including phenoxy) is 2. The van der Waals surface area contributed by atoms with Crippen molar-refractivity contribution in [1.82, 2.24) is 5.43 Å². The highest BCUT2D eigenvalue weighted by molar-refractivity contribution is 9.10. The first-order valence-corrected chi connectivity index (χ1v) is 10.7. The summed E-state index contributed by atoms with van der Waals surface area (Å²) in [5, 5.41) is 6.77. The Morgan fingerprint density at radius 2 is 1.69 bits per heavy atom. The van der Waals surface area contributed by atoms with Crippen LogP contribution in [0.15, 0.2) is 82.4 Å². The van der Waals surface area contributed by atoms with Gasteiger partial charge in [-0.2, -0.15) is 5.10 Å². The van der Waals surface area contributed by atoms with Crippen molar-refractivity contribution in [2.45, 2.75) is 6.92 Å². The number of benzene rings is 3.